The van der Waals surface area contributed by atoms with Crippen LogP contribution in [0, 0.1) is 0 Å². The Bertz CT molecular complexity index is 589. The van der Waals surface area contributed by atoms with Crippen LogP contribution in [0.25, 0.3) is 0 Å². The molecule has 1 saturated heterocycles. The van der Waals surface area contributed by atoms with Gasteiger partial charge in [0.1, 0.15) is 6.61 Å². The van der Waals surface area contributed by atoms with Crippen LogP contribution in [0.5, 0.6) is 0 Å². The van der Waals surface area contributed by atoms with E-state index in [1.165, 1.54) is 29.7 Å². The molecule has 132 valence electrons. The summed E-state index contributed by atoms with van der Waals surface area (Å²) in [4.78, 5) is 30.2. The van der Waals surface area contributed by atoms with Crippen LogP contribution in [0.1, 0.15) is 46.6 Å². The topological polar surface area (TPSA) is 76.6 Å². The van der Waals surface area contributed by atoms with Gasteiger partial charge in [0.05, 0.1) is 5.69 Å². The van der Waals surface area contributed by atoms with Crippen molar-refractivity contribution in [1.29, 1.82) is 0 Å². The first-order valence-corrected chi connectivity index (χ1v) is 9.01. The number of hydrogen-bond donors (Lipinski definition) is 2. The van der Waals surface area contributed by atoms with Gasteiger partial charge in [-0.3, -0.25) is 14.5 Å². The van der Waals surface area contributed by atoms with E-state index in [0.29, 0.717) is 13.1 Å². The Kier molecular flexibility index (Phi) is 5.68. The predicted molar refractivity (Wildman–Crippen MR) is 91.2 cm³/mol. The molecule has 1 aromatic heterocycles. The Balaban J connectivity index is 1.50. The van der Waals surface area contributed by atoms with Gasteiger partial charge in [0.15, 0.2) is 6.29 Å². The van der Waals surface area contributed by atoms with Crippen LogP contribution < -0.4 is 0 Å². The summed E-state index contributed by atoms with van der Waals surface area (Å²) in [6.07, 6.45) is 7.52. The number of nitrogens with one attached hydrogen (secondary N) is 1. The van der Waals surface area contributed by atoms with Gasteiger partial charge in [0.25, 0.3) is 0 Å². The zero-order chi connectivity index (χ0) is 16.9. The van der Waals surface area contributed by atoms with Crippen molar-refractivity contribution in [3.8, 4) is 0 Å². The van der Waals surface area contributed by atoms with Crippen molar-refractivity contribution in [2.45, 2.75) is 38.5 Å². The number of carbonyl (C=O) groups excluding carboxylic acids is 2. The van der Waals surface area contributed by atoms with Crippen LogP contribution in [0.15, 0.2) is 0 Å². The van der Waals surface area contributed by atoms with Gasteiger partial charge in [-0.2, -0.15) is 0 Å². The lowest BCUT2D eigenvalue weighted by molar-refractivity contribution is -0.135. The number of hydrogen-bond acceptors (Lipinski definition) is 4. The van der Waals surface area contributed by atoms with Gasteiger partial charge in [-0.1, -0.05) is 0 Å². The maximum Gasteiger partial charge on any atom is 0.248 e. The van der Waals surface area contributed by atoms with Crippen molar-refractivity contribution >= 4 is 12.2 Å². The van der Waals surface area contributed by atoms with E-state index < -0.39 is 6.61 Å². The standard InChI is InChI=1S/C18H27N3O3/c22-12-17-15(14-4-1-2-6-16(14)19-17)5-3-7-20-8-10-21(11-9-20)18(24)13-23/h12,19,23H,1-11,13H2. The normalized spacial score (nSPS) is 18.5. The highest BCUT2D eigenvalue weighted by molar-refractivity contribution is 5.77. The monoisotopic (exact) mass is 333 g/mol. The minimum absolute atomic E-state index is 0.177. The molecule has 0 atom stereocenters. The van der Waals surface area contributed by atoms with E-state index in [2.05, 4.69) is 9.88 Å². The van der Waals surface area contributed by atoms with Gasteiger partial charge in [-0.15, -0.1) is 0 Å². The fourth-order valence-electron chi connectivity index (χ4n) is 3.96. The molecule has 1 fully saturated rings. The maximum atomic E-state index is 11.5. The third-order valence-electron chi connectivity index (χ3n) is 5.32. The van der Waals surface area contributed by atoms with Crippen LogP contribution in [0.4, 0.5) is 0 Å². The Morgan fingerprint density at radius 2 is 1.92 bits per heavy atom. The molecule has 0 saturated carbocycles. The number of aliphatic hydroxyl groups is 1. The molecule has 0 unspecified atom stereocenters. The molecule has 2 N–H and O–H groups in total. The molecule has 0 radical (unpaired) electrons. The first kappa shape index (κ1) is 17.2. The van der Waals surface area contributed by atoms with Gasteiger partial charge in [0.2, 0.25) is 5.91 Å². The first-order valence-electron chi connectivity index (χ1n) is 9.01. The second-order valence-electron chi connectivity index (χ2n) is 6.78. The van der Waals surface area contributed by atoms with Crippen LogP contribution in [-0.2, 0) is 24.1 Å². The quantitative estimate of drug-likeness (QED) is 0.754. The van der Waals surface area contributed by atoms with E-state index in [9.17, 15) is 9.59 Å². The van der Waals surface area contributed by atoms with E-state index in [4.69, 9.17) is 5.11 Å². The zero-order valence-corrected chi connectivity index (χ0v) is 14.2. The van der Waals surface area contributed by atoms with E-state index in [0.717, 1.165) is 57.3 Å². The predicted octanol–water partition coefficient (Wildman–Crippen LogP) is 0.775. The van der Waals surface area contributed by atoms with Gasteiger partial charge in [0, 0.05) is 31.9 Å². The molecule has 2 aliphatic rings. The molecule has 1 amide bonds. The Hall–Kier alpha value is -1.66. The lowest BCUT2D eigenvalue weighted by Gasteiger charge is -2.34. The molecule has 1 aliphatic heterocycles. The van der Waals surface area contributed by atoms with Gasteiger partial charge < -0.3 is 15.0 Å². The number of aldehydes is 1. The average Bonchev–Trinajstić information content (AvgIpc) is 2.99. The fraction of sp³-hybridized carbons (Fsp3) is 0.667. The van der Waals surface area contributed by atoms with Gasteiger partial charge >= 0.3 is 0 Å². The number of H-pyrrole nitrogens is 1. The molecule has 0 bridgehead atoms. The van der Waals surface area contributed by atoms with Crippen molar-refractivity contribution < 1.29 is 14.7 Å². The molecule has 1 aromatic rings. The number of aromatic amines is 1. The largest absolute Gasteiger partial charge is 0.387 e. The third kappa shape index (κ3) is 3.70. The van der Waals surface area contributed by atoms with E-state index in [1.807, 2.05) is 0 Å². The van der Waals surface area contributed by atoms with Gasteiger partial charge in [-0.05, 0) is 56.2 Å². The average molecular weight is 333 g/mol. The van der Waals surface area contributed by atoms with Crippen molar-refractivity contribution in [2.24, 2.45) is 0 Å². The molecule has 24 heavy (non-hydrogen) atoms. The summed E-state index contributed by atoms with van der Waals surface area (Å²) < 4.78 is 0. The number of amides is 1. The summed E-state index contributed by atoms with van der Waals surface area (Å²) in [7, 11) is 0. The fourth-order valence-corrected chi connectivity index (χ4v) is 3.96. The number of fused-ring (bicyclic) bond motifs is 1. The summed E-state index contributed by atoms with van der Waals surface area (Å²) in [6, 6.07) is 0. The number of nitrogens with zero attached hydrogens (tertiary/aromatic N) is 2. The molecule has 0 aromatic carbocycles. The second kappa shape index (κ2) is 7.94. The molecule has 3 rings (SSSR count). The Morgan fingerprint density at radius 3 is 2.62 bits per heavy atom. The minimum Gasteiger partial charge on any atom is -0.387 e. The Morgan fingerprint density at radius 1 is 1.17 bits per heavy atom. The summed E-state index contributed by atoms with van der Waals surface area (Å²) >= 11 is 0. The number of piperazine rings is 1. The lowest BCUT2D eigenvalue weighted by atomic mass is 9.92. The van der Waals surface area contributed by atoms with Crippen LogP contribution in [-0.4, -0.2) is 71.4 Å². The van der Waals surface area contributed by atoms with Crippen molar-refractivity contribution in [1.82, 2.24) is 14.8 Å². The number of aryl methyl sites for hydroxylation is 1. The summed E-state index contributed by atoms with van der Waals surface area (Å²) in [5.74, 6) is -0.177. The minimum atomic E-state index is -0.396. The molecule has 2 heterocycles. The SMILES string of the molecule is O=Cc1[nH]c2c(c1CCCN1CCN(C(=O)CO)CC1)CCCC2. The lowest BCUT2D eigenvalue weighted by Crippen LogP contribution is -2.49. The summed E-state index contributed by atoms with van der Waals surface area (Å²) in [5, 5.41) is 8.91. The molecule has 6 heteroatoms. The number of carbonyl (C=O) groups is 2. The zero-order valence-electron chi connectivity index (χ0n) is 14.2. The van der Waals surface area contributed by atoms with Crippen molar-refractivity contribution in [3.63, 3.8) is 0 Å². The van der Waals surface area contributed by atoms with Crippen molar-refractivity contribution in [2.75, 3.05) is 39.3 Å². The third-order valence-corrected chi connectivity index (χ3v) is 5.32. The highest BCUT2D eigenvalue weighted by atomic mass is 16.3. The van der Waals surface area contributed by atoms with Gasteiger partial charge in [-0.25, -0.2) is 0 Å². The van der Waals surface area contributed by atoms with Crippen molar-refractivity contribution in [3.05, 3.63) is 22.5 Å². The highest BCUT2D eigenvalue weighted by Gasteiger charge is 2.22. The summed E-state index contributed by atoms with van der Waals surface area (Å²) in [5.41, 5.74) is 4.67. The van der Waals surface area contributed by atoms with Crippen LogP contribution in [0.3, 0.4) is 0 Å². The van der Waals surface area contributed by atoms with Crippen LogP contribution >= 0.6 is 0 Å². The van der Waals surface area contributed by atoms with Crippen LogP contribution in [0.2, 0.25) is 0 Å². The second-order valence-corrected chi connectivity index (χ2v) is 6.78. The molecule has 1 aliphatic carbocycles. The number of rotatable bonds is 6. The molecule has 0 spiro atoms. The number of aromatic nitrogens is 1. The van der Waals surface area contributed by atoms with E-state index in [-0.39, 0.29) is 5.91 Å². The molecular weight excluding hydrogens is 306 g/mol. The Labute approximate surface area is 142 Å². The number of aliphatic hydroxyl groups excluding tert-OH is 1. The maximum absolute atomic E-state index is 11.5. The first-order chi connectivity index (χ1) is 11.7. The summed E-state index contributed by atoms with van der Waals surface area (Å²) in [6.45, 7) is 3.69. The molecule has 6 nitrogen and oxygen atoms in total. The smallest absolute Gasteiger partial charge is 0.248 e. The molecular formula is C18H27N3O3. The van der Waals surface area contributed by atoms with E-state index >= 15 is 0 Å². The van der Waals surface area contributed by atoms with E-state index in [1.54, 1.807) is 4.90 Å². The highest BCUT2D eigenvalue weighted by Crippen LogP contribution is 2.27.